The number of hydrogen-bond acceptors (Lipinski definition) is 2. The van der Waals surface area contributed by atoms with Crippen LogP contribution in [0.25, 0.3) is 16.5 Å². The quantitative estimate of drug-likeness (QED) is 0.508. The fourth-order valence-electron chi connectivity index (χ4n) is 4.16. The third-order valence-corrected chi connectivity index (χ3v) is 5.89. The van der Waals surface area contributed by atoms with Crippen LogP contribution in [0.3, 0.4) is 0 Å². The normalized spacial score (nSPS) is 14.1. The molecule has 0 spiro atoms. The van der Waals surface area contributed by atoms with Crippen LogP contribution in [0.1, 0.15) is 20.7 Å². The van der Waals surface area contributed by atoms with Gasteiger partial charge in [0.1, 0.15) is 0 Å². The van der Waals surface area contributed by atoms with Crippen LogP contribution in [0.15, 0.2) is 91.3 Å². The van der Waals surface area contributed by atoms with E-state index < -0.39 is 0 Å². The van der Waals surface area contributed by atoms with Crippen LogP contribution in [0.2, 0.25) is 0 Å². The number of carbonyl (C=O) groups is 2. The van der Waals surface area contributed by atoms with Gasteiger partial charge in [0.2, 0.25) is 0 Å². The molecule has 0 radical (unpaired) electrons. The van der Waals surface area contributed by atoms with E-state index in [1.807, 2.05) is 106 Å². The molecule has 1 saturated heterocycles. The minimum atomic E-state index is 0.0105. The van der Waals surface area contributed by atoms with E-state index in [1.54, 1.807) is 0 Å². The summed E-state index contributed by atoms with van der Waals surface area (Å²) in [6.07, 6.45) is 3.95. The van der Waals surface area contributed by atoms with Gasteiger partial charge >= 0.3 is 0 Å². The van der Waals surface area contributed by atoms with Crippen molar-refractivity contribution in [2.75, 3.05) is 26.2 Å². The molecular formula is C26H23N3O2. The van der Waals surface area contributed by atoms with Gasteiger partial charge in [-0.2, -0.15) is 0 Å². The Labute approximate surface area is 181 Å². The Morgan fingerprint density at radius 1 is 0.613 bits per heavy atom. The minimum absolute atomic E-state index is 0.0105. The summed E-state index contributed by atoms with van der Waals surface area (Å²) in [7, 11) is 0. The average Bonchev–Trinajstić information content (AvgIpc) is 3.38. The molecule has 0 saturated carbocycles. The first-order chi connectivity index (χ1) is 15.2. The molecule has 0 unspecified atom stereocenters. The topological polar surface area (TPSA) is 45.6 Å². The second-order valence-corrected chi connectivity index (χ2v) is 7.75. The molecule has 5 heteroatoms. The summed E-state index contributed by atoms with van der Waals surface area (Å²) in [5, 5.41) is 2.03. The molecule has 0 N–H and O–H groups in total. The minimum Gasteiger partial charge on any atom is -0.335 e. The van der Waals surface area contributed by atoms with Gasteiger partial charge in [-0.3, -0.25) is 9.59 Å². The smallest absolute Gasteiger partial charge is 0.254 e. The maximum Gasteiger partial charge on any atom is 0.254 e. The highest BCUT2D eigenvalue weighted by molar-refractivity contribution is 6.07. The molecule has 5 rings (SSSR count). The lowest BCUT2D eigenvalue weighted by Crippen LogP contribution is -2.50. The number of fused-ring (bicyclic) bond motifs is 1. The fraction of sp³-hybridized carbons (Fsp3) is 0.154. The van der Waals surface area contributed by atoms with E-state index in [9.17, 15) is 9.59 Å². The van der Waals surface area contributed by atoms with Crippen LogP contribution < -0.4 is 0 Å². The van der Waals surface area contributed by atoms with E-state index in [-0.39, 0.29) is 11.8 Å². The Morgan fingerprint density at radius 2 is 1.23 bits per heavy atom. The highest BCUT2D eigenvalue weighted by Crippen LogP contribution is 2.21. The zero-order valence-electron chi connectivity index (χ0n) is 17.1. The number of aromatic nitrogens is 1. The molecule has 0 atom stereocenters. The third kappa shape index (κ3) is 3.70. The summed E-state index contributed by atoms with van der Waals surface area (Å²) in [4.78, 5) is 29.7. The molecule has 154 valence electrons. The summed E-state index contributed by atoms with van der Waals surface area (Å²) < 4.78 is 2.01. The Bertz CT molecular complexity index is 1220. The van der Waals surface area contributed by atoms with Crippen molar-refractivity contribution >= 4 is 22.6 Å². The Hall–Kier alpha value is -3.86. The third-order valence-electron chi connectivity index (χ3n) is 5.89. The molecule has 1 fully saturated rings. The standard InChI is InChI=1S/C26H23N3O2/c30-25(21-10-12-22(13-11-21)27-14-3-4-15-27)28-16-18-29(19-17-28)26(31)24-9-5-7-20-6-1-2-8-23(20)24/h1-15H,16-19H2. The number of rotatable bonds is 3. The first kappa shape index (κ1) is 19.1. The lowest BCUT2D eigenvalue weighted by atomic mass is 10.0. The number of benzene rings is 3. The van der Waals surface area contributed by atoms with Gasteiger partial charge in [-0.05, 0) is 53.2 Å². The van der Waals surface area contributed by atoms with Crippen LogP contribution in [-0.2, 0) is 0 Å². The van der Waals surface area contributed by atoms with Gasteiger partial charge in [0.25, 0.3) is 11.8 Å². The summed E-state index contributed by atoms with van der Waals surface area (Å²) in [5.41, 5.74) is 2.41. The maximum absolute atomic E-state index is 13.1. The van der Waals surface area contributed by atoms with Crippen molar-refractivity contribution in [2.45, 2.75) is 0 Å². The molecule has 4 aromatic rings. The highest BCUT2D eigenvalue weighted by Gasteiger charge is 2.26. The zero-order valence-corrected chi connectivity index (χ0v) is 17.1. The van der Waals surface area contributed by atoms with Gasteiger partial charge in [0.05, 0.1) is 0 Å². The van der Waals surface area contributed by atoms with E-state index in [2.05, 4.69) is 0 Å². The maximum atomic E-state index is 13.1. The van der Waals surface area contributed by atoms with E-state index in [4.69, 9.17) is 0 Å². The van der Waals surface area contributed by atoms with E-state index in [0.29, 0.717) is 31.7 Å². The molecule has 3 aromatic carbocycles. The molecule has 2 heterocycles. The number of nitrogens with zero attached hydrogens (tertiary/aromatic N) is 3. The van der Waals surface area contributed by atoms with Gasteiger partial charge in [-0.25, -0.2) is 0 Å². The van der Waals surface area contributed by atoms with Crippen molar-refractivity contribution in [1.82, 2.24) is 14.4 Å². The van der Waals surface area contributed by atoms with Crippen molar-refractivity contribution < 1.29 is 9.59 Å². The molecule has 31 heavy (non-hydrogen) atoms. The van der Waals surface area contributed by atoms with Crippen molar-refractivity contribution in [2.24, 2.45) is 0 Å². The summed E-state index contributed by atoms with van der Waals surface area (Å²) in [6.45, 7) is 2.15. The van der Waals surface area contributed by atoms with Crippen molar-refractivity contribution in [3.8, 4) is 5.69 Å². The number of hydrogen-bond donors (Lipinski definition) is 0. The van der Waals surface area contributed by atoms with Gasteiger partial charge in [-0.1, -0.05) is 36.4 Å². The molecule has 1 aliphatic rings. The second-order valence-electron chi connectivity index (χ2n) is 7.75. The van der Waals surface area contributed by atoms with Crippen molar-refractivity contribution in [3.63, 3.8) is 0 Å². The lowest BCUT2D eigenvalue weighted by Gasteiger charge is -2.35. The monoisotopic (exact) mass is 409 g/mol. The first-order valence-electron chi connectivity index (χ1n) is 10.5. The molecule has 0 bridgehead atoms. The average molecular weight is 409 g/mol. The van der Waals surface area contributed by atoms with Crippen LogP contribution in [0.4, 0.5) is 0 Å². The number of amides is 2. The van der Waals surface area contributed by atoms with Gasteiger partial charge in [0, 0.05) is 55.4 Å². The summed E-state index contributed by atoms with van der Waals surface area (Å²) >= 11 is 0. The SMILES string of the molecule is O=C(c1ccc(-n2cccc2)cc1)N1CCN(C(=O)c2cccc3ccccc23)CC1. The predicted molar refractivity (Wildman–Crippen MR) is 122 cm³/mol. The Balaban J connectivity index is 1.26. The zero-order chi connectivity index (χ0) is 21.2. The molecule has 1 aromatic heterocycles. The Morgan fingerprint density at radius 3 is 1.94 bits per heavy atom. The molecule has 0 aliphatic carbocycles. The summed E-state index contributed by atoms with van der Waals surface area (Å²) in [5.74, 6) is 0.0382. The van der Waals surface area contributed by atoms with E-state index in [0.717, 1.165) is 22.0 Å². The molecular weight excluding hydrogens is 386 g/mol. The van der Waals surface area contributed by atoms with E-state index in [1.165, 1.54) is 0 Å². The van der Waals surface area contributed by atoms with Gasteiger partial charge in [0.15, 0.2) is 0 Å². The highest BCUT2D eigenvalue weighted by atomic mass is 16.2. The number of carbonyl (C=O) groups excluding carboxylic acids is 2. The second kappa shape index (κ2) is 8.11. The number of piperazine rings is 1. The predicted octanol–water partition coefficient (Wildman–Crippen LogP) is 4.23. The van der Waals surface area contributed by atoms with Gasteiger partial charge < -0.3 is 14.4 Å². The fourth-order valence-corrected chi connectivity index (χ4v) is 4.16. The van der Waals surface area contributed by atoms with Gasteiger partial charge in [-0.15, -0.1) is 0 Å². The van der Waals surface area contributed by atoms with Crippen molar-refractivity contribution in [1.29, 1.82) is 0 Å². The van der Waals surface area contributed by atoms with Crippen LogP contribution in [0.5, 0.6) is 0 Å². The van der Waals surface area contributed by atoms with Crippen LogP contribution in [0, 0.1) is 0 Å². The Kier molecular flexibility index (Phi) is 5.00. The lowest BCUT2D eigenvalue weighted by molar-refractivity contribution is 0.0536. The molecule has 1 aliphatic heterocycles. The van der Waals surface area contributed by atoms with Crippen molar-refractivity contribution in [3.05, 3.63) is 102 Å². The molecule has 2 amide bonds. The summed E-state index contributed by atoms with van der Waals surface area (Å²) in [6, 6.07) is 25.3. The van der Waals surface area contributed by atoms with E-state index >= 15 is 0 Å². The van der Waals surface area contributed by atoms with Crippen LogP contribution in [-0.4, -0.2) is 52.4 Å². The first-order valence-corrected chi connectivity index (χ1v) is 10.5. The van der Waals surface area contributed by atoms with Crippen LogP contribution >= 0.6 is 0 Å². The largest absolute Gasteiger partial charge is 0.335 e. The molecule has 5 nitrogen and oxygen atoms in total.